The van der Waals surface area contributed by atoms with E-state index in [1.165, 1.54) is 0 Å². The summed E-state index contributed by atoms with van der Waals surface area (Å²) in [5.74, 6) is -0.0938. The second-order valence-electron chi connectivity index (χ2n) is 4.85. The highest BCUT2D eigenvalue weighted by atomic mass is 79.9. The maximum absolute atomic E-state index is 12.3. The molecule has 0 aliphatic heterocycles. The Labute approximate surface area is 121 Å². The first-order chi connectivity index (χ1) is 9.02. The standard InChI is InChI=1S/C14H19BrN2O2/c1-3-19-12-7-11(16)13(12)17-14(18)10-6-9(15)5-4-8(10)2/h4-6,11-13H,3,7,16H2,1-2H3,(H,17,18). The number of benzene rings is 1. The van der Waals surface area contributed by atoms with Crippen LogP contribution in [0.1, 0.15) is 29.3 Å². The zero-order valence-electron chi connectivity index (χ0n) is 11.2. The topological polar surface area (TPSA) is 64.3 Å². The van der Waals surface area contributed by atoms with Gasteiger partial charge in [0, 0.05) is 22.7 Å². The first kappa shape index (κ1) is 14.5. The van der Waals surface area contributed by atoms with Gasteiger partial charge in [0.05, 0.1) is 12.1 Å². The van der Waals surface area contributed by atoms with Crippen LogP contribution in [-0.4, -0.2) is 30.7 Å². The van der Waals surface area contributed by atoms with E-state index in [1.807, 2.05) is 32.0 Å². The Bertz CT molecular complexity index is 477. The first-order valence-corrected chi connectivity index (χ1v) is 7.26. The Morgan fingerprint density at radius 3 is 2.95 bits per heavy atom. The van der Waals surface area contributed by atoms with Crippen LogP contribution in [-0.2, 0) is 4.74 Å². The third-order valence-corrected chi connectivity index (χ3v) is 3.98. The predicted octanol–water partition coefficient (Wildman–Crippen LogP) is 1.99. The lowest BCUT2D eigenvalue weighted by molar-refractivity contribution is -0.0300. The summed E-state index contributed by atoms with van der Waals surface area (Å²) in [6, 6.07) is 5.55. The van der Waals surface area contributed by atoms with Crippen LogP contribution in [0.5, 0.6) is 0 Å². The van der Waals surface area contributed by atoms with Crippen molar-refractivity contribution in [1.29, 1.82) is 0 Å². The molecule has 2 rings (SSSR count). The Morgan fingerprint density at radius 1 is 1.58 bits per heavy atom. The monoisotopic (exact) mass is 326 g/mol. The summed E-state index contributed by atoms with van der Waals surface area (Å²) in [4.78, 5) is 12.3. The quantitative estimate of drug-likeness (QED) is 0.889. The molecule has 3 unspecified atom stereocenters. The molecule has 104 valence electrons. The molecule has 0 bridgehead atoms. The van der Waals surface area contributed by atoms with Crippen LogP contribution >= 0.6 is 15.9 Å². The molecule has 1 amide bonds. The molecule has 0 spiro atoms. The van der Waals surface area contributed by atoms with E-state index in [9.17, 15) is 4.79 Å². The molecule has 0 heterocycles. The van der Waals surface area contributed by atoms with Gasteiger partial charge in [-0.1, -0.05) is 22.0 Å². The maximum Gasteiger partial charge on any atom is 0.251 e. The summed E-state index contributed by atoms with van der Waals surface area (Å²) in [5, 5.41) is 2.98. The van der Waals surface area contributed by atoms with Crippen molar-refractivity contribution in [3.8, 4) is 0 Å². The van der Waals surface area contributed by atoms with Gasteiger partial charge >= 0.3 is 0 Å². The summed E-state index contributed by atoms with van der Waals surface area (Å²) in [6.45, 7) is 4.50. The number of nitrogens with two attached hydrogens (primary N) is 1. The minimum absolute atomic E-state index is 0.0204. The molecule has 19 heavy (non-hydrogen) atoms. The average Bonchev–Trinajstić information content (AvgIpc) is 2.38. The number of halogens is 1. The third kappa shape index (κ3) is 3.16. The molecule has 1 aromatic rings. The molecule has 0 aromatic heterocycles. The van der Waals surface area contributed by atoms with Gasteiger partial charge in [-0.05, 0) is 38.0 Å². The molecule has 1 saturated carbocycles. The van der Waals surface area contributed by atoms with E-state index in [0.29, 0.717) is 12.2 Å². The van der Waals surface area contributed by atoms with Crippen LogP contribution in [0.15, 0.2) is 22.7 Å². The van der Waals surface area contributed by atoms with Crippen molar-refractivity contribution < 1.29 is 9.53 Å². The summed E-state index contributed by atoms with van der Waals surface area (Å²) < 4.78 is 6.44. The predicted molar refractivity (Wildman–Crippen MR) is 78.1 cm³/mol. The van der Waals surface area contributed by atoms with Crippen molar-refractivity contribution >= 4 is 21.8 Å². The van der Waals surface area contributed by atoms with E-state index in [-0.39, 0.29) is 24.1 Å². The lowest BCUT2D eigenvalue weighted by Crippen LogP contribution is -2.64. The highest BCUT2D eigenvalue weighted by Gasteiger charge is 2.40. The number of carbonyl (C=O) groups excluding carboxylic acids is 1. The fraction of sp³-hybridized carbons (Fsp3) is 0.500. The molecule has 1 aliphatic rings. The van der Waals surface area contributed by atoms with Gasteiger partial charge in [0.25, 0.3) is 5.91 Å². The Balaban J connectivity index is 2.06. The van der Waals surface area contributed by atoms with Gasteiger partial charge in [0.2, 0.25) is 0 Å². The van der Waals surface area contributed by atoms with Gasteiger partial charge in [-0.15, -0.1) is 0 Å². The van der Waals surface area contributed by atoms with E-state index < -0.39 is 0 Å². The smallest absolute Gasteiger partial charge is 0.251 e. The molecule has 4 nitrogen and oxygen atoms in total. The zero-order valence-corrected chi connectivity index (χ0v) is 12.7. The molecule has 1 aliphatic carbocycles. The maximum atomic E-state index is 12.3. The average molecular weight is 327 g/mol. The van der Waals surface area contributed by atoms with Crippen molar-refractivity contribution in [2.24, 2.45) is 5.73 Å². The van der Waals surface area contributed by atoms with E-state index in [4.69, 9.17) is 10.5 Å². The van der Waals surface area contributed by atoms with E-state index >= 15 is 0 Å². The Hall–Kier alpha value is -0.910. The highest BCUT2D eigenvalue weighted by molar-refractivity contribution is 9.10. The summed E-state index contributed by atoms with van der Waals surface area (Å²) >= 11 is 3.38. The number of hydrogen-bond donors (Lipinski definition) is 2. The van der Waals surface area contributed by atoms with E-state index in [0.717, 1.165) is 16.5 Å². The minimum atomic E-state index is -0.0938. The molecule has 3 N–H and O–H groups in total. The molecule has 0 saturated heterocycles. The normalized spacial score (nSPS) is 25.8. The summed E-state index contributed by atoms with van der Waals surface area (Å²) in [7, 11) is 0. The number of amides is 1. The third-order valence-electron chi connectivity index (χ3n) is 3.49. The fourth-order valence-corrected chi connectivity index (χ4v) is 2.66. The molecule has 3 atom stereocenters. The van der Waals surface area contributed by atoms with E-state index in [2.05, 4.69) is 21.2 Å². The Morgan fingerprint density at radius 2 is 2.32 bits per heavy atom. The number of ether oxygens (including phenoxy) is 1. The SMILES string of the molecule is CCOC1CC(N)C1NC(=O)c1cc(Br)ccc1C. The van der Waals surface area contributed by atoms with Crippen molar-refractivity contribution in [3.05, 3.63) is 33.8 Å². The molecule has 0 radical (unpaired) electrons. The molecule has 1 fully saturated rings. The van der Waals surface area contributed by atoms with Crippen LogP contribution in [0.3, 0.4) is 0 Å². The van der Waals surface area contributed by atoms with Crippen LogP contribution in [0.25, 0.3) is 0 Å². The van der Waals surface area contributed by atoms with Crippen LogP contribution < -0.4 is 11.1 Å². The number of carbonyl (C=O) groups is 1. The zero-order chi connectivity index (χ0) is 14.0. The van der Waals surface area contributed by atoms with Crippen LogP contribution in [0.2, 0.25) is 0 Å². The largest absolute Gasteiger partial charge is 0.376 e. The van der Waals surface area contributed by atoms with Gasteiger partial charge in [0.1, 0.15) is 0 Å². The first-order valence-electron chi connectivity index (χ1n) is 6.47. The summed E-state index contributed by atoms with van der Waals surface area (Å²) in [6.07, 6.45) is 0.840. The molecular weight excluding hydrogens is 308 g/mol. The number of hydrogen-bond acceptors (Lipinski definition) is 3. The number of nitrogens with one attached hydrogen (secondary N) is 1. The van der Waals surface area contributed by atoms with Crippen molar-refractivity contribution in [2.45, 2.75) is 38.5 Å². The minimum Gasteiger partial charge on any atom is -0.376 e. The lowest BCUT2D eigenvalue weighted by atomic mass is 9.83. The van der Waals surface area contributed by atoms with Gasteiger partial charge < -0.3 is 15.8 Å². The van der Waals surface area contributed by atoms with Gasteiger partial charge in [-0.25, -0.2) is 0 Å². The van der Waals surface area contributed by atoms with Crippen LogP contribution in [0.4, 0.5) is 0 Å². The summed E-state index contributed by atoms with van der Waals surface area (Å²) in [5.41, 5.74) is 7.55. The van der Waals surface area contributed by atoms with Gasteiger partial charge in [-0.2, -0.15) is 0 Å². The second kappa shape index (κ2) is 6.03. The van der Waals surface area contributed by atoms with Crippen molar-refractivity contribution in [2.75, 3.05) is 6.61 Å². The lowest BCUT2D eigenvalue weighted by Gasteiger charge is -2.42. The Kier molecular flexibility index (Phi) is 4.60. The van der Waals surface area contributed by atoms with E-state index in [1.54, 1.807) is 0 Å². The second-order valence-corrected chi connectivity index (χ2v) is 5.77. The number of rotatable bonds is 4. The fourth-order valence-electron chi connectivity index (χ4n) is 2.30. The molecule has 5 heteroatoms. The molecular formula is C14H19BrN2O2. The van der Waals surface area contributed by atoms with Gasteiger partial charge in [0.15, 0.2) is 0 Å². The molecule has 1 aromatic carbocycles. The van der Waals surface area contributed by atoms with Crippen LogP contribution in [0, 0.1) is 6.92 Å². The number of aryl methyl sites for hydroxylation is 1. The van der Waals surface area contributed by atoms with Gasteiger partial charge in [-0.3, -0.25) is 4.79 Å². The van der Waals surface area contributed by atoms with Crippen molar-refractivity contribution in [3.63, 3.8) is 0 Å². The van der Waals surface area contributed by atoms with Crippen molar-refractivity contribution in [1.82, 2.24) is 5.32 Å². The highest BCUT2D eigenvalue weighted by Crippen LogP contribution is 2.23.